The molecule has 3 aromatic carbocycles. The van der Waals surface area contributed by atoms with Crippen LogP contribution in [0.3, 0.4) is 0 Å². The predicted molar refractivity (Wildman–Crippen MR) is 103 cm³/mol. The van der Waals surface area contributed by atoms with Gasteiger partial charge in [0.2, 0.25) is 0 Å². The van der Waals surface area contributed by atoms with E-state index in [0.717, 1.165) is 41.5 Å². The Morgan fingerprint density at radius 1 is 1.00 bits per heavy atom. The third-order valence-corrected chi connectivity index (χ3v) is 4.63. The fourth-order valence-electron chi connectivity index (χ4n) is 3.13. The first-order chi connectivity index (χ1) is 13.6. The summed E-state index contributed by atoms with van der Waals surface area (Å²) in [6, 6.07) is 17.0. The summed E-state index contributed by atoms with van der Waals surface area (Å²) in [6.45, 7) is 0.992. The first-order valence-corrected chi connectivity index (χ1v) is 8.94. The lowest BCUT2D eigenvalue weighted by Crippen LogP contribution is -2.28. The van der Waals surface area contributed by atoms with Gasteiger partial charge in [-0.2, -0.15) is 0 Å². The molecule has 0 spiro atoms. The quantitative estimate of drug-likeness (QED) is 0.677. The molecule has 0 aliphatic carbocycles. The summed E-state index contributed by atoms with van der Waals surface area (Å²) < 4.78 is 32.3. The molecule has 1 heterocycles. The molecule has 0 aromatic heterocycles. The van der Waals surface area contributed by atoms with E-state index in [2.05, 4.69) is 16.7 Å². The number of anilines is 1. The van der Waals surface area contributed by atoms with Crippen LogP contribution in [-0.4, -0.2) is 12.6 Å². The molecule has 0 bridgehead atoms. The lowest BCUT2D eigenvalue weighted by Gasteiger charge is -2.10. The number of benzene rings is 3. The zero-order valence-corrected chi connectivity index (χ0v) is 15.0. The normalized spacial score (nSPS) is 12.2. The van der Waals surface area contributed by atoms with Crippen molar-refractivity contribution in [2.75, 3.05) is 11.9 Å². The highest BCUT2D eigenvalue weighted by molar-refractivity contribution is 5.89. The summed E-state index contributed by atoms with van der Waals surface area (Å²) >= 11 is 0. The SMILES string of the molecule is O=C(NCc1ccc(-c2ccc3c(c2)CCO3)cc1)Nc1cccc(F)c1F. The molecule has 0 radical (unpaired) electrons. The average molecular weight is 380 g/mol. The lowest BCUT2D eigenvalue weighted by atomic mass is 10.0. The Morgan fingerprint density at radius 3 is 2.61 bits per heavy atom. The molecule has 4 nitrogen and oxygen atoms in total. The molecule has 0 unspecified atom stereocenters. The smallest absolute Gasteiger partial charge is 0.319 e. The van der Waals surface area contributed by atoms with Gasteiger partial charge in [0, 0.05) is 13.0 Å². The van der Waals surface area contributed by atoms with Gasteiger partial charge in [-0.15, -0.1) is 0 Å². The molecule has 0 saturated carbocycles. The molecule has 0 atom stereocenters. The van der Waals surface area contributed by atoms with Gasteiger partial charge in [-0.3, -0.25) is 0 Å². The number of carbonyl (C=O) groups is 1. The van der Waals surface area contributed by atoms with E-state index in [4.69, 9.17) is 4.74 Å². The van der Waals surface area contributed by atoms with Crippen molar-refractivity contribution in [2.45, 2.75) is 13.0 Å². The third-order valence-electron chi connectivity index (χ3n) is 4.63. The second kappa shape index (κ2) is 7.68. The molecule has 1 aliphatic heterocycles. The van der Waals surface area contributed by atoms with E-state index in [9.17, 15) is 13.6 Å². The minimum Gasteiger partial charge on any atom is -0.493 e. The van der Waals surface area contributed by atoms with E-state index in [1.165, 1.54) is 17.7 Å². The van der Waals surface area contributed by atoms with E-state index < -0.39 is 17.7 Å². The summed E-state index contributed by atoms with van der Waals surface area (Å²) in [5, 5.41) is 4.94. The number of rotatable bonds is 4. The first kappa shape index (κ1) is 18.0. The van der Waals surface area contributed by atoms with Gasteiger partial charge in [-0.05, 0) is 46.5 Å². The van der Waals surface area contributed by atoms with Crippen molar-refractivity contribution in [1.29, 1.82) is 0 Å². The fourth-order valence-corrected chi connectivity index (χ4v) is 3.13. The number of hydrogen-bond acceptors (Lipinski definition) is 2. The molecule has 6 heteroatoms. The van der Waals surface area contributed by atoms with Crippen LogP contribution in [0.5, 0.6) is 5.75 Å². The molecule has 1 aliphatic rings. The van der Waals surface area contributed by atoms with Crippen molar-refractivity contribution >= 4 is 11.7 Å². The van der Waals surface area contributed by atoms with Gasteiger partial charge in [-0.25, -0.2) is 13.6 Å². The Kier molecular flexibility index (Phi) is 4.93. The van der Waals surface area contributed by atoms with Gasteiger partial charge in [0.15, 0.2) is 11.6 Å². The first-order valence-electron chi connectivity index (χ1n) is 8.94. The molecule has 2 amide bonds. The Labute approximate surface area is 161 Å². The molecule has 142 valence electrons. The maximum Gasteiger partial charge on any atom is 0.319 e. The zero-order chi connectivity index (χ0) is 19.5. The second-order valence-electron chi connectivity index (χ2n) is 6.53. The summed E-state index contributed by atoms with van der Waals surface area (Å²) in [4.78, 5) is 11.9. The highest BCUT2D eigenvalue weighted by Crippen LogP contribution is 2.30. The molecule has 0 saturated heterocycles. The van der Waals surface area contributed by atoms with E-state index in [0.29, 0.717) is 0 Å². The van der Waals surface area contributed by atoms with Crippen LogP contribution in [0.15, 0.2) is 60.7 Å². The minimum atomic E-state index is -1.08. The number of nitrogens with one attached hydrogen (secondary N) is 2. The number of hydrogen-bond donors (Lipinski definition) is 2. The Hall–Kier alpha value is -3.41. The fraction of sp³-hybridized carbons (Fsp3) is 0.136. The highest BCUT2D eigenvalue weighted by Gasteiger charge is 2.13. The molecule has 28 heavy (non-hydrogen) atoms. The van der Waals surface area contributed by atoms with E-state index in [-0.39, 0.29) is 12.2 Å². The van der Waals surface area contributed by atoms with Crippen LogP contribution in [0, 0.1) is 11.6 Å². The second-order valence-corrected chi connectivity index (χ2v) is 6.53. The summed E-state index contributed by atoms with van der Waals surface area (Å²) in [5.74, 6) is -1.14. The Morgan fingerprint density at radius 2 is 1.79 bits per heavy atom. The van der Waals surface area contributed by atoms with Crippen molar-refractivity contribution < 1.29 is 18.3 Å². The van der Waals surface area contributed by atoms with Crippen LogP contribution in [0.25, 0.3) is 11.1 Å². The summed E-state index contributed by atoms with van der Waals surface area (Å²) in [7, 11) is 0. The van der Waals surface area contributed by atoms with Crippen molar-refractivity contribution in [1.82, 2.24) is 5.32 Å². The predicted octanol–water partition coefficient (Wildman–Crippen LogP) is 4.89. The van der Waals surface area contributed by atoms with Gasteiger partial charge in [0.1, 0.15) is 5.75 Å². The van der Waals surface area contributed by atoms with Crippen LogP contribution in [-0.2, 0) is 13.0 Å². The summed E-state index contributed by atoms with van der Waals surface area (Å²) in [5.41, 5.74) is 4.09. The number of carbonyl (C=O) groups excluding carboxylic acids is 1. The van der Waals surface area contributed by atoms with Crippen LogP contribution in [0.4, 0.5) is 19.3 Å². The van der Waals surface area contributed by atoms with Gasteiger partial charge in [0.05, 0.1) is 12.3 Å². The molecule has 2 N–H and O–H groups in total. The van der Waals surface area contributed by atoms with Crippen LogP contribution in [0.2, 0.25) is 0 Å². The third kappa shape index (κ3) is 3.81. The maximum absolute atomic E-state index is 13.6. The summed E-state index contributed by atoms with van der Waals surface area (Å²) in [6.07, 6.45) is 0.923. The van der Waals surface area contributed by atoms with Crippen LogP contribution < -0.4 is 15.4 Å². The largest absolute Gasteiger partial charge is 0.493 e. The number of fused-ring (bicyclic) bond motifs is 1. The van der Waals surface area contributed by atoms with Gasteiger partial charge >= 0.3 is 6.03 Å². The van der Waals surface area contributed by atoms with Crippen LogP contribution in [0.1, 0.15) is 11.1 Å². The molecule has 3 aromatic rings. The monoisotopic (exact) mass is 380 g/mol. The number of urea groups is 1. The lowest BCUT2D eigenvalue weighted by molar-refractivity contribution is 0.251. The minimum absolute atomic E-state index is 0.201. The van der Waals surface area contributed by atoms with E-state index in [1.807, 2.05) is 36.4 Å². The molecule has 0 fully saturated rings. The van der Waals surface area contributed by atoms with Gasteiger partial charge in [0.25, 0.3) is 0 Å². The standard InChI is InChI=1S/C22H18F2N2O2/c23-18-2-1-3-19(21(18)24)26-22(27)25-13-14-4-6-15(7-5-14)16-8-9-20-17(12-16)10-11-28-20/h1-9,12H,10-11,13H2,(H2,25,26,27). The number of halogens is 2. The van der Waals surface area contributed by atoms with Crippen molar-refractivity contribution in [3.05, 3.63) is 83.4 Å². The highest BCUT2D eigenvalue weighted by atomic mass is 19.2. The Balaban J connectivity index is 1.37. The van der Waals surface area contributed by atoms with Crippen molar-refractivity contribution in [3.63, 3.8) is 0 Å². The van der Waals surface area contributed by atoms with Crippen molar-refractivity contribution in [3.8, 4) is 16.9 Å². The topological polar surface area (TPSA) is 50.4 Å². The average Bonchev–Trinajstić information content (AvgIpc) is 3.18. The Bertz CT molecular complexity index is 1020. The van der Waals surface area contributed by atoms with Crippen molar-refractivity contribution in [2.24, 2.45) is 0 Å². The zero-order valence-electron chi connectivity index (χ0n) is 15.0. The van der Waals surface area contributed by atoms with Crippen LogP contribution >= 0.6 is 0 Å². The van der Waals surface area contributed by atoms with Gasteiger partial charge < -0.3 is 15.4 Å². The van der Waals surface area contributed by atoms with E-state index in [1.54, 1.807) is 0 Å². The maximum atomic E-state index is 13.6. The molecule has 4 rings (SSSR count). The molecular weight excluding hydrogens is 362 g/mol. The number of amides is 2. The number of ether oxygens (including phenoxy) is 1. The molecular formula is C22H18F2N2O2. The van der Waals surface area contributed by atoms with E-state index >= 15 is 0 Å². The van der Waals surface area contributed by atoms with Gasteiger partial charge in [-0.1, -0.05) is 36.4 Å².